The van der Waals surface area contributed by atoms with Gasteiger partial charge in [-0.25, -0.2) is 0 Å². The van der Waals surface area contributed by atoms with Gasteiger partial charge in [-0.05, 0) is 28.5 Å². The summed E-state index contributed by atoms with van der Waals surface area (Å²) in [6.07, 6.45) is 1.80. The summed E-state index contributed by atoms with van der Waals surface area (Å²) in [5, 5.41) is 1.75. The minimum Gasteiger partial charge on any atom is -0.328 e. The monoisotopic (exact) mass is 216 g/mol. The number of rotatable bonds is 2. The van der Waals surface area contributed by atoms with Gasteiger partial charge < -0.3 is 10.7 Å². The van der Waals surface area contributed by atoms with Crippen LogP contribution in [0.2, 0.25) is 0 Å². The van der Waals surface area contributed by atoms with Crippen molar-refractivity contribution >= 4 is 10.8 Å². The Morgan fingerprint density at radius 1 is 1.38 bits per heavy atom. The number of fused-ring (bicyclic) bond motifs is 1. The molecule has 0 aliphatic heterocycles. The summed E-state index contributed by atoms with van der Waals surface area (Å²) in [6.45, 7) is 4.68. The van der Waals surface area contributed by atoms with Crippen molar-refractivity contribution < 1.29 is 0 Å². The number of H-pyrrole nitrogens is 1. The van der Waals surface area contributed by atoms with Crippen LogP contribution in [0.25, 0.3) is 10.8 Å². The van der Waals surface area contributed by atoms with Crippen LogP contribution in [0, 0.1) is 0 Å². The number of hydrogen-bond donors (Lipinski definition) is 2. The molecule has 1 heterocycles. The van der Waals surface area contributed by atoms with Crippen LogP contribution >= 0.6 is 0 Å². The molecule has 0 atom stereocenters. The van der Waals surface area contributed by atoms with E-state index in [4.69, 9.17) is 5.73 Å². The molecule has 3 nitrogen and oxygen atoms in total. The van der Waals surface area contributed by atoms with Gasteiger partial charge in [0.2, 0.25) is 0 Å². The zero-order valence-corrected chi connectivity index (χ0v) is 9.58. The molecule has 16 heavy (non-hydrogen) atoms. The van der Waals surface area contributed by atoms with Crippen LogP contribution in [0.5, 0.6) is 0 Å². The van der Waals surface area contributed by atoms with E-state index >= 15 is 0 Å². The van der Waals surface area contributed by atoms with Gasteiger partial charge in [-0.15, -0.1) is 0 Å². The van der Waals surface area contributed by atoms with Crippen molar-refractivity contribution in [3.63, 3.8) is 0 Å². The van der Waals surface area contributed by atoms with Crippen molar-refractivity contribution in [3.8, 4) is 0 Å². The van der Waals surface area contributed by atoms with E-state index in [1.165, 1.54) is 0 Å². The molecule has 0 aliphatic rings. The molecule has 0 amide bonds. The van der Waals surface area contributed by atoms with E-state index in [2.05, 4.69) is 18.8 Å². The normalized spacial score (nSPS) is 11.2. The highest BCUT2D eigenvalue weighted by Gasteiger charge is 2.10. The van der Waals surface area contributed by atoms with E-state index in [1.54, 1.807) is 6.20 Å². The van der Waals surface area contributed by atoms with Gasteiger partial charge in [0, 0.05) is 18.1 Å². The van der Waals surface area contributed by atoms with Crippen LogP contribution < -0.4 is 11.3 Å². The highest BCUT2D eigenvalue weighted by molar-refractivity contribution is 5.88. The topological polar surface area (TPSA) is 58.9 Å². The summed E-state index contributed by atoms with van der Waals surface area (Å²) in [6, 6.07) is 5.71. The molecule has 2 aromatic rings. The average Bonchev–Trinajstić information content (AvgIpc) is 2.28. The summed E-state index contributed by atoms with van der Waals surface area (Å²) in [5.41, 5.74) is 7.86. The molecule has 1 aromatic carbocycles. The Bertz CT molecular complexity index is 570. The van der Waals surface area contributed by atoms with Crippen molar-refractivity contribution in [2.45, 2.75) is 26.3 Å². The maximum absolute atomic E-state index is 11.7. The standard InChI is InChI=1S/C13H16N2O/c1-8(2)11-7-15-13(16)10-5-3-4-9(6-14)12(10)11/h3-5,7-8H,6,14H2,1-2H3,(H,15,16). The second-order valence-corrected chi connectivity index (χ2v) is 4.27. The molecule has 0 aliphatic carbocycles. The maximum Gasteiger partial charge on any atom is 0.255 e. The number of aromatic nitrogens is 1. The molecule has 0 spiro atoms. The van der Waals surface area contributed by atoms with Crippen LogP contribution in [0.4, 0.5) is 0 Å². The minimum absolute atomic E-state index is 0.0466. The molecule has 0 saturated carbocycles. The number of nitrogens with two attached hydrogens (primary N) is 1. The zero-order valence-electron chi connectivity index (χ0n) is 9.58. The molecule has 3 heteroatoms. The van der Waals surface area contributed by atoms with Gasteiger partial charge in [0.25, 0.3) is 5.56 Å². The fourth-order valence-electron chi connectivity index (χ4n) is 2.05. The lowest BCUT2D eigenvalue weighted by Gasteiger charge is -2.12. The van der Waals surface area contributed by atoms with Crippen molar-refractivity contribution in [3.05, 3.63) is 45.9 Å². The largest absolute Gasteiger partial charge is 0.328 e. The molecule has 2 rings (SSSR count). The molecule has 0 bridgehead atoms. The number of aromatic amines is 1. The van der Waals surface area contributed by atoms with Crippen molar-refractivity contribution in [1.29, 1.82) is 0 Å². The molecule has 0 saturated heterocycles. The van der Waals surface area contributed by atoms with Crippen LogP contribution in [0.15, 0.2) is 29.2 Å². The van der Waals surface area contributed by atoms with Crippen LogP contribution in [-0.2, 0) is 6.54 Å². The highest BCUT2D eigenvalue weighted by Crippen LogP contribution is 2.25. The third-order valence-corrected chi connectivity index (χ3v) is 2.88. The molecule has 3 N–H and O–H groups in total. The van der Waals surface area contributed by atoms with Crippen LogP contribution in [-0.4, -0.2) is 4.98 Å². The highest BCUT2D eigenvalue weighted by atomic mass is 16.1. The first-order chi connectivity index (χ1) is 7.65. The Morgan fingerprint density at radius 2 is 2.12 bits per heavy atom. The molecule has 1 aromatic heterocycles. The zero-order chi connectivity index (χ0) is 11.7. The van der Waals surface area contributed by atoms with E-state index < -0.39 is 0 Å². The van der Waals surface area contributed by atoms with E-state index in [1.807, 2.05) is 18.2 Å². The van der Waals surface area contributed by atoms with Crippen LogP contribution in [0.3, 0.4) is 0 Å². The van der Waals surface area contributed by atoms with E-state index in [0.717, 1.165) is 21.9 Å². The second-order valence-electron chi connectivity index (χ2n) is 4.27. The summed E-state index contributed by atoms with van der Waals surface area (Å²) in [5.74, 6) is 0.368. The number of hydrogen-bond acceptors (Lipinski definition) is 2. The predicted octanol–water partition coefficient (Wildman–Crippen LogP) is 2.11. The van der Waals surface area contributed by atoms with Gasteiger partial charge >= 0.3 is 0 Å². The first kappa shape index (κ1) is 10.9. The summed E-state index contributed by atoms with van der Waals surface area (Å²) < 4.78 is 0. The number of nitrogens with one attached hydrogen (secondary N) is 1. The van der Waals surface area contributed by atoms with Crippen LogP contribution in [0.1, 0.15) is 30.9 Å². The van der Waals surface area contributed by atoms with E-state index in [-0.39, 0.29) is 5.56 Å². The maximum atomic E-state index is 11.7. The Hall–Kier alpha value is -1.61. The second kappa shape index (κ2) is 4.10. The molecule has 0 radical (unpaired) electrons. The molecular weight excluding hydrogens is 200 g/mol. The van der Waals surface area contributed by atoms with Gasteiger partial charge in [0.1, 0.15) is 0 Å². The van der Waals surface area contributed by atoms with Gasteiger partial charge in [-0.2, -0.15) is 0 Å². The minimum atomic E-state index is -0.0466. The lowest BCUT2D eigenvalue weighted by Crippen LogP contribution is -2.10. The Balaban J connectivity index is 2.93. The molecule has 0 unspecified atom stereocenters. The summed E-state index contributed by atoms with van der Waals surface area (Å²) in [4.78, 5) is 14.5. The SMILES string of the molecule is CC(C)c1c[nH]c(=O)c2cccc(CN)c12. The van der Waals surface area contributed by atoms with Gasteiger partial charge in [0.05, 0.1) is 0 Å². The molecular formula is C13H16N2O. The number of pyridine rings is 1. The van der Waals surface area contributed by atoms with Crippen molar-refractivity contribution in [1.82, 2.24) is 4.98 Å². The van der Waals surface area contributed by atoms with Gasteiger partial charge in [0.15, 0.2) is 0 Å². The quantitative estimate of drug-likeness (QED) is 0.807. The first-order valence-electron chi connectivity index (χ1n) is 5.48. The fourth-order valence-corrected chi connectivity index (χ4v) is 2.05. The molecule has 0 fully saturated rings. The Morgan fingerprint density at radius 3 is 2.75 bits per heavy atom. The van der Waals surface area contributed by atoms with Gasteiger partial charge in [-0.3, -0.25) is 4.79 Å². The summed E-state index contributed by atoms with van der Waals surface area (Å²) in [7, 11) is 0. The average molecular weight is 216 g/mol. The Labute approximate surface area is 94.3 Å². The Kier molecular flexibility index (Phi) is 2.79. The van der Waals surface area contributed by atoms with E-state index in [9.17, 15) is 4.79 Å². The lowest BCUT2D eigenvalue weighted by molar-refractivity contribution is 0.864. The fraction of sp³-hybridized carbons (Fsp3) is 0.308. The number of benzene rings is 1. The van der Waals surface area contributed by atoms with Crippen molar-refractivity contribution in [2.75, 3.05) is 0 Å². The predicted molar refractivity (Wildman–Crippen MR) is 66.5 cm³/mol. The first-order valence-corrected chi connectivity index (χ1v) is 5.48. The third-order valence-electron chi connectivity index (χ3n) is 2.88. The lowest BCUT2D eigenvalue weighted by atomic mass is 9.95. The summed E-state index contributed by atoms with van der Waals surface area (Å²) >= 11 is 0. The smallest absolute Gasteiger partial charge is 0.255 e. The van der Waals surface area contributed by atoms with Gasteiger partial charge in [-0.1, -0.05) is 26.0 Å². The van der Waals surface area contributed by atoms with E-state index in [0.29, 0.717) is 12.5 Å². The van der Waals surface area contributed by atoms with Crippen molar-refractivity contribution in [2.24, 2.45) is 5.73 Å². The third kappa shape index (κ3) is 1.63. The molecule has 84 valence electrons.